The third kappa shape index (κ3) is 5.78. The molecule has 0 bridgehead atoms. The second-order valence-electron chi connectivity index (χ2n) is 5.22. The summed E-state index contributed by atoms with van der Waals surface area (Å²) in [5.74, 6) is 0.723. The zero-order chi connectivity index (χ0) is 17.4. The molecule has 8 heteroatoms. The van der Waals surface area contributed by atoms with Gasteiger partial charge in [0.1, 0.15) is 0 Å². The standard InChI is InChI=1S/C16H21N3O4S/c1-21-8-7-17-16(24)19-18-10-11-3-6-13(14(9-11)22-2)23-15(20)12-4-5-12/h3,6,9-10,12H,4-5,7-8H2,1-2H3,(H2,17,19,24)/b18-10-. The lowest BCUT2D eigenvalue weighted by Gasteiger charge is -2.09. The number of hydrogen-bond acceptors (Lipinski definition) is 6. The zero-order valence-electron chi connectivity index (χ0n) is 13.7. The van der Waals surface area contributed by atoms with Gasteiger partial charge in [0.2, 0.25) is 0 Å². The van der Waals surface area contributed by atoms with E-state index in [1.807, 2.05) is 0 Å². The van der Waals surface area contributed by atoms with Crippen LogP contribution >= 0.6 is 12.2 Å². The minimum Gasteiger partial charge on any atom is -0.493 e. The SMILES string of the molecule is COCCNC(=S)N/N=C\c1ccc(OC(=O)C2CC2)c(OC)c1. The number of nitrogens with zero attached hydrogens (tertiary/aromatic N) is 1. The number of methoxy groups -OCH3 is 2. The van der Waals surface area contributed by atoms with Crippen LogP contribution in [0.3, 0.4) is 0 Å². The average Bonchev–Trinajstić information content (AvgIpc) is 3.41. The maximum atomic E-state index is 11.7. The summed E-state index contributed by atoms with van der Waals surface area (Å²) >= 11 is 5.06. The molecule has 24 heavy (non-hydrogen) atoms. The zero-order valence-corrected chi connectivity index (χ0v) is 14.5. The Bertz CT molecular complexity index is 617. The summed E-state index contributed by atoms with van der Waals surface area (Å²) in [6, 6.07) is 5.21. The highest BCUT2D eigenvalue weighted by atomic mass is 32.1. The van der Waals surface area contributed by atoms with Crippen LogP contribution in [0, 0.1) is 5.92 Å². The summed E-state index contributed by atoms with van der Waals surface area (Å²) in [6.45, 7) is 1.16. The third-order valence-electron chi connectivity index (χ3n) is 3.28. The van der Waals surface area contributed by atoms with Crippen LogP contribution < -0.4 is 20.2 Å². The Morgan fingerprint density at radius 3 is 2.83 bits per heavy atom. The molecule has 1 aliphatic rings. The van der Waals surface area contributed by atoms with Gasteiger partial charge in [0, 0.05) is 13.7 Å². The maximum Gasteiger partial charge on any atom is 0.314 e. The molecule has 1 aromatic carbocycles. The predicted octanol–water partition coefficient (Wildman–Crippen LogP) is 1.45. The van der Waals surface area contributed by atoms with Crippen molar-refractivity contribution in [2.75, 3.05) is 27.4 Å². The monoisotopic (exact) mass is 351 g/mol. The van der Waals surface area contributed by atoms with E-state index in [1.54, 1.807) is 31.5 Å². The van der Waals surface area contributed by atoms with Crippen molar-refractivity contribution in [1.82, 2.24) is 10.7 Å². The Labute approximate surface area is 146 Å². The highest BCUT2D eigenvalue weighted by Gasteiger charge is 2.32. The molecule has 1 saturated carbocycles. The highest BCUT2D eigenvalue weighted by Crippen LogP contribution is 2.34. The van der Waals surface area contributed by atoms with Crippen LogP contribution in [0.2, 0.25) is 0 Å². The Morgan fingerprint density at radius 1 is 1.38 bits per heavy atom. The van der Waals surface area contributed by atoms with E-state index >= 15 is 0 Å². The largest absolute Gasteiger partial charge is 0.493 e. The first-order valence-corrected chi connectivity index (χ1v) is 8.00. The molecule has 0 aliphatic heterocycles. The number of ether oxygens (including phenoxy) is 3. The van der Waals surface area contributed by atoms with Gasteiger partial charge in [-0.1, -0.05) is 0 Å². The lowest BCUT2D eigenvalue weighted by Crippen LogP contribution is -2.34. The van der Waals surface area contributed by atoms with Crippen molar-refractivity contribution < 1.29 is 19.0 Å². The van der Waals surface area contributed by atoms with Crippen molar-refractivity contribution in [3.63, 3.8) is 0 Å². The molecule has 2 N–H and O–H groups in total. The number of esters is 1. The summed E-state index contributed by atoms with van der Waals surface area (Å²) in [6.07, 6.45) is 3.39. The van der Waals surface area contributed by atoms with Crippen LogP contribution in [0.15, 0.2) is 23.3 Å². The molecule has 130 valence electrons. The second kappa shape index (κ2) is 9.19. The van der Waals surface area contributed by atoms with Crippen molar-refractivity contribution in [2.45, 2.75) is 12.8 Å². The molecule has 0 atom stereocenters. The lowest BCUT2D eigenvalue weighted by molar-refractivity contribution is -0.135. The van der Waals surface area contributed by atoms with Crippen molar-refractivity contribution in [3.05, 3.63) is 23.8 Å². The van der Waals surface area contributed by atoms with Crippen molar-refractivity contribution in [3.8, 4) is 11.5 Å². The number of nitrogens with one attached hydrogen (secondary N) is 2. The summed E-state index contributed by atoms with van der Waals surface area (Å²) in [7, 11) is 3.15. The Balaban J connectivity index is 1.89. The van der Waals surface area contributed by atoms with E-state index in [0.717, 1.165) is 18.4 Å². The summed E-state index contributed by atoms with van der Waals surface area (Å²) < 4.78 is 15.5. The number of benzene rings is 1. The summed E-state index contributed by atoms with van der Waals surface area (Å²) in [5.41, 5.74) is 3.49. The van der Waals surface area contributed by atoms with Gasteiger partial charge in [0.05, 0.1) is 25.8 Å². The van der Waals surface area contributed by atoms with Crippen LogP contribution in [0.25, 0.3) is 0 Å². The van der Waals surface area contributed by atoms with E-state index in [9.17, 15) is 4.79 Å². The molecule has 0 heterocycles. The molecule has 0 radical (unpaired) electrons. The molecule has 0 amide bonds. The van der Waals surface area contributed by atoms with Crippen molar-refractivity contribution in [2.24, 2.45) is 11.0 Å². The third-order valence-corrected chi connectivity index (χ3v) is 3.52. The van der Waals surface area contributed by atoms with E-state index < -0.39 is 0 Å². The van der Waals surface area contributed by atoms with Gasteiger partial charge in [-0.2, -0.15) is 5.10 Å². The van der Waals surface area contributed by atoms with Crippen molar-refractivity contribution in [1.29, 1.82) is 0 Å². The molecule has 1 aliphatic carbocycles. The highest BCUT2D eigenvalue weighted by molar-refractivity contribution is 7.80. The van der Waals surface area contributed by atoms with Gasteiger partial charge in [0.25, 0.3) is 0 Å². The molecular weight excluding hydrogens is 330 g/mol. The van der Waals surface area contributed by atoms with Gasteiger partial charge in [-0.25, -0.2) is 0 Å². The fraction of sp³-hybridized carbons (Fsp3) is 0.438. The molecule has 0 spiro atoms. The normalized spacial score (nSPS) is 13.6. The van der Waals surface area contributed by atoms with Gasteiger partial charge >= 0.3 is 5.97 Å². The number of hydrazone groups is 1. The minimum absolute atomic E-state index is 0.0340. The molecule has 0 saturated heterocycles. The minimum atomic E-state index is -0.205. The fourth-order valence-electron chi connectivity index (χ4n) is 1.83. The number of rotatable bonds is 8. The predicted molar refractivity (Wildman–Crippen MR) is 94.6 cm³/mol. The molecule has 2 rings (SSSR count). The number of carbonyl (C=O) groups is 1. The smallest absolute Gasteiger partial charge is 0.314 e. The number of carbonyl (C=O) groups excluding carboxylic acids is 1. The lowest BCUT2D eigenvalue weighted by atomic mass is 10.2. The van der Waals surface area contributed by atoms with Crippen LogP contribution in [0.1, 0.15) is 18.4 Å². The van der Waals surface area contributed by atoms with Gasteiger partial charge in [-0.3, -0.25) is 10.2 Å². The molecular formula is C16H21N3O4S. The van der Waals surface area contributed by atoms with Crippen LogP contribution in [0.4, 0.5) is 0 Å². The van der Waals surface area contributed by atoms with Crippen LogP contribution in [-0.2, 0) is 9.53 Å². The Hall–Kier alpha value is -2.19. The van der Waals surface area contributed by atoms with Gasteiger partial charge in [-0.15, -0.1) is 0 Å². The molecule has 1 aromatic rings. The van der Waals surface area contributed by atoms with Crippen LogP contribution in [-0.4, -0.2) is 44.7 Å². The summed E-state index contributed by atoms with van der Waals surface area (Å²) in [4.78, 5) is 11.7. The number of hydrogen-bond donors (Lipinski definition) is 2. The average molecular weight is 351 g/mol. The van der Waals surface area contributed by atoms with E-state index in [1.165, 1.54) is 7.11 Å². The fourth-order valence-corrected chi connectivity index (χ4v) is 1.99. The van der Waals surface area contributed by atoms with Crippen LogP contribution in [0.5, 0.6) is 11.5 Å². The van der Waals surface area contributed by atoms with Gasteiger partial charge in [-0.05, 0) is 48.8 Å². The Kier molecular flexibility index (Phi) is 6.95. The number of thiocarbonyl (C=S) groups is 1. The first-order valence-electron chi connectivity index (χ1n) is 7.59. The van der Waals surface area contributed by atoms with E-state index in [0.29, 0.717) is 29.8 Å². The molecule has 0 unspecified atom stereocenters. The molecule has 7 nitrogen and oxygen atoms in total. The first kappa shape index (κ1) is 18.2. The van der Waals surface area contributed by atoms with Gasteiger partial charge in [0.15, 0.2) is 16.6 Å². The quantitative estimate of drug-likeness (QED) is 0.183. The van der Waals surface area contributed by atoms with Gasteiger partial charge < -0.3 is 19.5 Å². The van der Waals surface area contributed by atoms with Crippen molar-refractivity contribution >= 4 is 29.5 Å². The first-order chi connectivity index (χ1) is 11.6. The molecule has 1 fully saturated rings. The maximum absolute atomic E-state index is 11.7. The topological polar surface area (TPSA) is 81.2 Å². The van der Waals surface area contributed by atoms with E-state index in [-0.39, 0.29) is 11.9 Å². The van der Waals surface area contributed by atoms with E-state index in [2.05, 4.69) is 15.8 Å². The van der Waals surface area contributed by atoms with E-state index in [4.69, 9.17) is 26.4 Å². The Morgan fingerprint density at radius 2 is 2.17 bits per heavy atom. The molecule has 0 aromatic heterocycles. The second-order valence-corrected chi connectivity index (χ2v) is 5.63. The summed E-state index contributed by atoms with van der Waals surface area (Å²) in [5, 5.41) is 7.39.